The predicted molar refractivity (Wildman–Crippen MR) is 114 cm³/mol. The lowest BCUT2D eigenvalue weighted by molar-refractivity contribution is -0.119. The minimum Gasteiger partial charge on any atom is -0.452 e. The first-order chi connectivity index (χ1) is 12.9. The summed E-state index contributed by atoms with van der Waals surface area (Å²) < 4.78 is 5.62. The number of carbonyl (C=O) groups is 2. The minimum absolute atomic E-state index is 0.304. The predicted octanol–water partition coefficient (Wildman–Crippen LogP) is 4.89. The van der Waals surface area contributed by atoms with Crippen molar-refractivity contribution in [3.8, 4) is 0 Å². The van der Waals surface area contributed by atoms with Gasteiger partial charge in [0.25, 0.3) is 5.91 Å². The lowest BCUT2D eigenvalue weighted by Gasteiger charge is -2.13. The third-order valence-corrected chi connectivity index (χ3v) is 7.42. The molecule has 0 unspecified atom stereocenters. The van der Waals surface area contributed by atoms with Crippen LogP contribution in [-0.2, 0) is 9.53 Å². The summed E-state index contributed by atoms with van der Waals surface area (Å²) in [5.41, 5.74) is 5.57. The van der Waals surface area contributed by atoms with Crippen LogP contribution >= 0.6 is 23.5 Å². The fourth-order valence-electron chi connectivity index (χ4n) is 3.09. The third kappa shape index (κ3) is 5.08. The van der Waals surface area contributed by atoms with E-state index in [0.717, 1.165) is 33.9 Å². The maximum Gasteiger partial charge on any atom is 0.338 e. The molecule has 142 valence electrons. The van der Waals surface area contributed by atoms with Crippen LogP contribution in [0.3, 0.4) is 0 Å². The molecule has 0 radical (unpaired) electrons. The fourth-order valence-corrected chi connectivity index (χ4v) is 5.95. The van der Waals surface area contributed by atoms with Crippen LogP contribution in [0.5, 0.6) is 0 Å². The van der Waals surface area contributed by atoms with Gasteiger partial charge in [-0.3, -0.25) is 4.79 Å². The van der Waals surface area contributed by atoms with E-state index < -0.39 is 5.97 Å². The van der Waals surface area contributed by atoms with E-state index in [1.165, 1.54) is 5.56 Å². The number of carbonyl (C=O) groups excluding carboxylic acids is 2. The molecule has 0 spiro atoms. The van der Waals surface area contributed by atoms with Crippen molar-refractivity contribution in [2.45, 2.75) is 25.4 Å². The van der Waals surface area contributed by atoms with E-state index in [-0.39, 0.29) is 12.5 Å². The maximum absolute atomic E-state index is 12.2. The monoisotopic (exact) mass is 401 g/mol. The molecule has 1 heterocycles. The highest BCUT2D eigenvalue weighted by molar-refractivity contribution is 8.19. The smallest absolute Gasteiger partial charge is 0.338 e. The zero-order valence-corrected chi connectivity index (χ0v) is 17.3. The first-order valence-corrected chi connectivity index (χ1v) is 10.9. The first-order valence-electron chi connectivity index (χ1n) is 8.82. The van der Waals surface area contributed by atoms with Gasteiger partial charge in [0.2, 0.25) is 0 Å². The number of nitrogens with one attached hydrogen (secondary N) is 1. The second kappa shape index (κ2) is 8.85. The number of hydrogen-bond donors (Lipinski definition) is 1. The van der Waals surface area contributed by atoms with Gasteiger partial charge in [0.15, 0.2) is 6.61 Å². The molecule has 0 bridgehead atoms. The molecule has 1 N–H and O–H groups in total. The van der Waals surface area contributed by atoms with Gasteiger partial charge in [0.1, 0.15) is 0 Å². The Labute approximate surface area is 168 Å². The number of amides is 1. The molecule has 2 aromatic carbocycles. The van der Waals surface area contributed by atoms with Gasteiger partial charge in [-0.2, -0.15) is 0 Å². The molecule has 4 nitrogen and oxygen atoms in total. The van der Waals surface area contributed by atoms with E-state index in [1.807, 2.05) is 68.6 Å². The number of benzene rings is 2. The molecule has 0 aromatic heterocycles. The van der Waals surface area contributed by atoms with Gasteiger partial charge >= 0.3 is 5.97 Å². The Morgan fingerprint density at radius 3 is 2.22 bits per heavy atom. The zero-order chi connectivity index (χ0) is 19.4. The zero-order valence-electron chi connectivity index (χ0n) is 15.7. The Balaban J connectivity index is 1.55. The van der Waals surface area contributed by atoms with Crippen LogP contribution in [0, 0.1) is 20.8 Å². The molecule has 0 saturated carbocycles. The van der Waals surface area contributed by atoms with E-state index in [2.05, 4.69) is 5.32 Å². The number of ether oxygens (including phenoxy) is 1. The van der Waals surface area contributed by atoms with Gasteiger partial charge in [-0.05, 0) is 49.6 Å². The Morgan fingerprint density at radius 1 is 1.04 bits per heavy atom. The second-order valence-corrected chi connectivity index (χ2v) is 9.32. The SMILES string of the molecule is Cc1cc(C)c(NC(=O)COC(=O)c2ccc(C3SCCS3)cc2)c(C)c1. The van der Waals surface area contributed by atoms with E-state index in [4.69, 9.17) is 4.74 Å². The first kappa shape index (κ1) is 19.8. The quantitative estimate of drug-likeness (QED) is 0.723. The summed E-state index contributed by atoms with van der Waals surface area (Å²) in [7, 11) is 0. The average molecular weight is 402 g/mol. The number of esters is 1. The molecular weight excluding hydrogens is 378 g/mol. The molecule has 27 heavy (non-hydrogen) atoms. The lowest BCUT2D eigenvalue weighted by atomic mass is 10.1. The summed E-state index contributed by atoms with van der Waals surface area (Å²) in [4.78, 5) is 24.4. The van der Waals surface area contributed by atoms with E-state index in [9.17, 15) is 9.59 Å². The number of anilines is 1. The van der Waals surface area contributed by atoms with Crippen molar-refractivity contribution in [2.75, 3.05) is 23.4 Å². The summed E-state index contributed by atoms with van der Waals surface area (Å²) >= 11 is 3.84. The average Bonchev–Trinajstić information content (AvgIpc) is 3.17. The van der Waals surface area contributed by atoms with Crippen LogP contribution in [0.15, 0.2) is 36.4 Å². The Morgan fingerprint density at radius 2 is 1.63 bits per heavy atom. The van der Waals surface area contributed by atoms with Gasteiger partial charge in [-0.25, -0.2) is 4.79 Å². The van der Waals surface area contributed by atoms with Crippen molar-refractivity contribution in [3.05, 3.63) is 64.2 Å². The van der Waals surface area contributed by atoms with Gasteiger partial charge in [-0.15, -0.1) is 23.5 Å². The van der Waals surface area contributed by atoms with Crippen LogP contribution in [0.25, 0.3) is 0 Å². The molecular formula is C21H23NO3S2. The van der Waals surface area contributed by atoms with Crippen molar-refractivity contribution >= 4 is 41.1 Å². The van der Waals surface area contributed by atoms with Crippen molar-refractivity contribution in [3.63, 3.8) is 0 Å². The highest BCUT2D eigenvalue weighted by Crippen LogP contribution is 2.45. The lowest BCUT2D eigenvalue weighted by Crippen LogP contribution is -2.22. The number of rotatable bonds is 5. The molecule has 6 heteroatoms. The molecule has 1 aliphatic rings. The molecule has 0 aliphatic carbocycles. The standard InChI is InChI=1S/C21H23NO3S2/c1-13-10-14(2)19(15(3)11-13)22-18(23)12-25-20(24)16-4-6-17(7-5-16)21-26-8-9-27-21/h4-7,10-11,21H,8-9,12H2,1-3H3,(H,22,23). The second-order valence-electron chi connectivity index (χ2n) is 6.59. The van der Waals surface area contributed by atoms with Crippen molar-refractivity contribution in [1.29, 1.82) is 0 Å². The van der Waals surface area contributed by atoms with Crippen molar-refractivity contribution < 1.29 is 14.3 Å². The largest absolute Gasteiger partial charge is 0.452 e. The highest BCUT2D eigenvalue weighted by atomic mass is 32.2. The summed E-state index contributed by atoms with van der Waals surface area (Å²) in [5, 5.41) is 2.84. The van der Waals surface area contributed by atoms with E-state index >= 15 is 0 Å². The van der Waals surface area contributed by atoms with Crippen LogP contribution in [-0.4, -0.2) is 30.0 Å². The Hall–Kier alpha value is -1.92. The van der Waals surface area contributed by atoms with Gasteiger partial charge in [-0.1, -0.05) is 29.8 Å². The normalized spacial score (nSPS) is 14.2. The molecule has 1 saturated heterocycles. The maximum atomic E-state index is 12.2. The van der Waals surface area contributed by atoms with E-state index in [0.29, 0.717) is 10.1 Å². The third-order valence-electron chi connectivity index (χ3n) is 4.32. The summed E-state index contributed by atoms with van der Waals surface area (Å²) in [5.74, 6) is 1.50. The molecule has 1 fully saturated rings. The van der Waals surface area contributed by atoms with Crippen molar-refractivity contribution in [1.82, 2.24) is 0 Å². The van der Waals surface area contributed by atoms with Gasteiger partial charge in [0.05, 0.1) is 10.1 Å². The Kier molecular flexibility index (Phi) is 6.50. The topological polar surface area (TPSA) is 55.4 Å². The summed E-state index contributed by atoms with van der Waals surface area (Å²) in [6, 6.07) is 11.5. The molecule has 3 rings (SSSR count). The van der Waals surface area contributed by atoms with Crippen LogP contribution in [0.4, 0.5) is 5.69 Å². The molecule has 1 aliphatic heterocycles. The Bertz CT molecular complexity index is 820. The molecule has 1 amide bonds. The molecule has 2 aromatic rings. The van der Waals surface area contributed by atoms with Crippen molar-refractivity contribution in [2.24, 2.45) is 0 Å². The highest BCUT2D eigenvalue weighted by Gasteiger charge is 2.19. The minimum atomic E-state index is -0.485. The van der Waals surface area contributed by atoms with Crippen LogP contribution < -0.4 is 5.32 Å². The fraction of sp³-hybridized carbons (Fsp3) is 0.333. The van der Waals surface area contributed by atoms with Gasteiger partial charge in [0, 0.05) is 17.2 Å². The van der Waals surface area contributed by atoms with Crippen LogP contribution in [0.1, 0.15) is 37.2 Å². The van der Waals surface area contributed by atoms with E-state index in [1.54, 1.807) is 12.1 Å². The molecule has 0 atom stereocenters. The summed E-state index contributed by atoms with van der Waals surface area (Å²) in [6.07, 6.45) is 0. The van der Waals surface area contributed by atoms with Crippen LogP contribution in [0.2, 0.25) is 0 Å². The number of thioether (sulfide) groups is 2. The van der Waals surface area contributed by atoms with Gasteiger partial charge < -0.3 is 10.1 Å². The number of hydrogen-bond acceptors (Lipinski definition) is 5. The summed E-state index contributed by atoms with van der Waals surface area (Å²) in [6.45, 7) is 5.61. The number of aryl methyl sites for hydroxylation is 3.